The van der Waals surface area contributed by atoms with Gasteiger partial charge in [0, 0.05) is 4.48 Å². The Bertz CT molecular complexity index is 313. The van der Waals surface area contributed by atoms with Crippen LogP contribution in [0.5, 0.6) is 0 Å². The number of methoxy groups -OCH3 is 1. The van der Waals surface area contributed by atoms with Crippen molar-refractivity contribution in [3.63, 3.8) is 0 Å². The van der Waals surface area contributed by atoms with Gasteiger partial charge in [0.25, 0.3) is 0 Å². The van der Waals surface area contributed by atoms with Crippen molar-refractivity contribution in [1.82, 2.24) is 0 Å². The van der Waals surface area contributed by atoms with E-state index in [4.69, 9.17) is 4.74 Å². The van der Waals surface area contributed by atoms with Crippen LogP contribution in [0.3, 0.4) is 0 Å². The quantitative estimate of drug-likeness (QED) is 0.614. The molecule has 2 aliphatic rings. The maximum atomic E-state index is 11.3. The van der Waals surface area contributed by atoms with E-state index in [1.807, 2.05) is 0 Å². The molecule has 0 aromatic rings. The molecule has 2 N–H and O–H groups in total. The maximum absolute atomic E-state index is 11.3. The second-order valence-corrected chi connectivity index (χ2v) is 4.07. The van der Waals surface area contributed by atoms with E-state index in [1.54, 1.807) is 0 Å². The first-order valence-corrected chi connectivity index (χ1v) is 4.86. The predicted octanol–water partition coefficient (Wildman–Crippen LogP) is -0.689. The lowest BCUT2D eigenvalue weighted by Crippen LogP contribution is -2.39. The van der Waals surface area contributed by atoms with Gasteiger partial charge in [-0.15, -0.1) is 0 Å². The summed E-state index contributed by atoms with van der Waals surface area (Å²) in [6, 6.07) is 0. The normalized spacial score (nSPS) is 40.6. The van der Waals surface area contributed by atoms with Crippen LogP contribution >= 0.6 is 15.9 Å². The van der Waals surface area contributed by atoms with E-state index < -0.39 is 30.4 Å². The second-order valence-electron chi connectivity index (χ2n) is 3.21. The average molecular weight is 265 g/mol. The van der Waals surface area contributed by atoms with Crippen molar-refractivity contribution in [2.75, 3.05) is 7.11 Å². The monoisotopic (exact) mass is 264 g/mol. The summed E-state index contributed by atoms with van der Waals surface area (Å²) in [6.07, 6.45) is -3.47. The highest BCUT2D eigenvalue weighted by atomic mass is 79.9. The van der Waals surface area contributed by atoms with Gasteiger partial charge in [0.05, 0.1) is 12.7 Å². The zero-order chi connectivity index (χ0) is 10.5. The Morgan fingerprint density at radius 1 is 1.43 bits per heavy atom. The number of rotatable bonds is 1. The largest absolute Gasteiger partial charge is 0.466 e. The molecule has 2 bridgehead atoms. The van der Waals surface area contributed by atoms with Crippen molar-refractivity contribution in [2.24, 2.45) is 0 Å². The molecule has 1 fully saturated rings. The van der Waals surface area contributed by atoms with Crippen molar-refractivity contribution in [3.05, 3.63) is 10.1 Å². The number of carbonyl (C=O) groups excluding carboxylic acids is 1. The van der Waals surface area contributed by atoms with E-state index in [0.717, 1.165) is 0 Å². The highest BCUT2D eigenvalue weighted by Gasteiger charge is 2.54. The second kappa shape index (κ2) is 3.30. The molecule has 5 nitrogen and oxygen atoms in total. The van der Waals surface area contributed by atoms with Crippen LogP contribution in [-0.4, -0.2) is 47.7 Å². The Hall–Kier alpha value is -0.430. The van der Waals surface area contributed by atoms with Crippen LogP contribution in [0.2, 0.25) is 0 Å². The van der Waals surface area contributed by atoms with Gasteiger partial charge in [-0.2, -0.15) is 0 Å². The Balaban J connectivity index is 2.35. The molecule has 0 saturated carbocycles. The number of esters is 1. The van der Waals surface area contributed by atoms with Gasteiger partial charge in [0.2, 0.25) is 0 Å². The number of carbonyl (C=O) groups is 1. The number of halogens is 1. The summed E-state index contributed by atoms with van der Waals surface area (Å²) < 4.78 is 10.2. The SMILES string of the molecule is COC(=O)C1=C(Br)C2OC1[C@H](O)[C@@H]2O. The highest BCUT2D eigenvalue weighted by molar-refractivity contribution is 9.11. The molecule has 0 amide bonds. The summed E-state index contributed by atoms with van der Waals surface area (Å²) in [7, 11) is 1.25. The molecule has 0 spiro atoms. The van der Waals surface area contributed by atoms with Crippen LogP contribution in [0.1, 0.15) is 0 Å². The van der Waals surface area contributed by atoms with Gasteiger partial charge in [-0.25, -0.2) is 4.79 Å². The van der Waals surface area contributed by atoms with Crippen LogP contribution in [0.15, 0.2) is 10.1 Å². The Labute approximate surface area is 88.4 Å². The zero-order valence-corrected chi connectivity index (χ0v) is 8.89. The third-order valence-corrected chi connectivity index (χ3v) is 3.34. The van der Waals surface area contributed by atoms with Crippen LogP contribution in [0.4, 0.5) is 0 Å². The molecule has 78 valence electrons. The summed E-state index contributed by atoms with van der Waals surface area (Å²) >= 11 is 3.15. The molecule has 2 aliphatic heterocycles. The molecule has 0 aromatic heterocycles. The minimum Gasteiger partial charge on any atom is -0.466 e. The van der Waals surface area contributed by atoms with E-state index in [0.29, 0.717) is 4.48 Å². The molecular formula is C8H9BrO5. The van der Waals surface area contributed by atoms with Crippen LogP contribution in [-0.2, 0) is 14.3 Å². The van der Waals surface area contributed by atoms with Crippen LogP contribution in [0.25, 0.3) is 0 Å². The fraction of sp³-hybridized carbons (Fsp3) is 0.625. The molecular weight excluding hydrogens is 256 g/mol. The van der Waals surface area contributed by atoms with E-state index in [-0.39, 0.29) is 5.57 Å². The first-order chi connectivity index (χ1) is 6.57. The van der Waals surface area contributed by atoms with Crippen molar-refractivity contribution < 1.29 is 24.5 Å². The standard InChI is InChI=1S/C8H9BrO5/c1-13-8(12)2-3(9)7-5(11)4(10)6(2)14-7/h4-7,10-11H,1H3/t4-,5+,6?,7?/m1/s1. The molecule has 2 heterocycles. The third kappa shape index (κ3) is 1.15. The van der Waals surface area contributed by atoms with Crippen molar-refractivity contribution >= 4 is 21.9 Å². The number of hydrogen-bond donors (Lipinski definition) is 2. The van der Waals surface area contributed by atoms with E-state index >= 15 is 0 Å². The lowest BCUT2D eigenvalue weighted by atomic mass is 9.94. The molecule has 4 atom stereocenters. The number of aliphatic hydroxyl groups excluding tert-OH is 2. The summed E-state index contributed by atoms with van der Waals surface area (Å²) in [5, 5.41) is 18.9. The minimum absolute atomic E-state index is 0.260. The van der Waals surface area contributed by atoms with Gasteiger partial charge in [0.15, 0.2) is 0 Å². The van der Waals surface area contributed by atoms with Gasteiger partial charge in [-0.1, -0.05) is 15.9 Å². The predicted molar refractivity (Wildman–Crippen MR) is 48.6 cm³/mol. The summed E-state index contributed by atoms with van der Waals surface area (Å²) in [5.74, 6) is -0.546. The van der Waals surface area contributed by atoms with Gasteiger partial charge in [-0.3, -0.25) is 0 Å². The van der Waals surface area contributed by atoms with Gasteiger partial charge in [0.1, 0.15) is 24.4 Å². The molecule has 6 heteroatoms. The van der Waals surface area contributed by atoms with Crippen molar-refractivity contribution in [1.29, 1.82) is 0 Å². The molecule has 14 heavy (non-hydrogen) atoms. The fourth-order valence-corrected chi connectivity index (χ4v) is 2.50. The number of ether oxygens (including phenoxy) is 2. The summed E-state index contributed by atoms with van der Waals surface area (Å²) in [4.78, 5) is 11.3. The number of hydrogen-bond acceptors (Lipinski definition) is 5. The summed E-state index contributed by atoms with van der Waals surface area (Å²) in [6.45, 7) is 0. The van der Waals surface area contributed by atoms with Crippen LogP contribution in [0, 0.1) is 0 Å². The molecule has 0 aliphatic carbocycles. The lowest BCUT2D eigenvalue weighted by Gasteiger charge is -2.20. The van der Waals surface area contributed by atoms with Gasteiger partial charge < -0.3 is 19.7 Å². The lowest BCUT2D eigenvalue weighted by molar-refractivity contribution is -0.137. The topological polar surface area (TPSA) is 76.0 Å². The summed E-state index contributed by atoms with van der Waals surface area (Å²) in [5.41, 5.74) is 0.260. The smallest absolute Gasteiger partial charge is 0.337 e. The first-order valence-electron chi connectivity index (χ1n) is 4.07. The third-order valence-electron chi connectivity index (χ3n) is 2.46. The minimum atomic E-state index is -1.06. The number of fused-ring (bicyclic) bond motifs is 2. The van der Waals surface area contributed by atoms with E-state index in [9.17, 15) is 15.0 Å². The maximum Gasteiger partial charge on any atom is 0.337 e. The fourth-order valence-electron chi connectivity index (χ4n) is 1.74. The zero-order valence-electron chi connectivity index (χ0n) is 7.31. The molecule has 2 unspecified atom stereocenters. The van der Waals surface area contributed by atoms with Crippen molar-refractivity contribution in [2.45, 2.75) is 24.4 Å². The first kappa shape index (κ1) is 10.1. The molecule has 1 saturated heterocycles. The Morgan fingerprint density at radius 3 is 2.50 bits per heavy atom. The Kier molecular flexibility index (Phi) is 2.38. The van der Waals surface area contributed by atoms with Crippen molar-refractivity contribution in [3.8, 4) is 0 Å². The Morgan fingerprint density at radius 2 is 2.00 bits per heavy atom. The highest BCUT2D eigenvalue weighted by Crippen LogP contribution is 2.42. The van der Waals surface area contributed by atoms with E-state index in [1.165, 1.54) is 7.11 Å². The van der Waals surface area contributed by atoms with Gasteiger partial charge in [-0.05, 0) is 0 Å². The molecule has 0 aromatic carbocycles. The van der Waals surface area contributed by atoms with E-state index in [2.05, 4.69) is 20.7 Å². The number of aliphatic hydroxyl groups is 2. The molecule has 0 radical (unpaired) electrons. The van der Waals surface area contributed by atoms with Gasteiger partial charge >= 0.3 is 5.97 Å². The molecule has 2 rings (SSSR count). The average Bonchev–Trinajstić information content (AvgIpc) is 2.64. The van der Waals surface area contributed by atoms with Crippen LogP contribution < -0.4 is 0 Å².